The van der Waals surface area contributed by atoms with Gasteiger partial charge in [0, 0.05) is 18.7 Å². The summed E-state index contributed by atoms with van der Waals surface area (Å²) >= 11 is 0. The Morgan fingerprint density at radius 1 is 1.09 bits per heavy atom. The number of rotatable bonds is 9. The number of carbonyl (C=O) groups is 2. The van der Waals surface area contributed by atoms with E-state index in [1.165, 1.54) is 6.07 Å². The van der Waals surface area contributed by atoms with Crippen LogP contribution in [0.25, 0.3) is 11.1 Å². The number of hydrogen-bond acceptors (Lipinski definition) is 4. The molecular formula is C28H29FN2O4. The van der Waals surface area contributed by atoms with Crippen LogP contribution in [0.2, 0.25) is 0 Å². The van der Waals surface area contributed by atoms with Gasteiger partial charge in [0.05, 0.1) is 13.0 Å². The summed E-state index contributed by atoms with van der Waals surface area (Å²) in [6.45, 7) is 3.21. The summed E-state index contributed by atoms with van der Waals surface area (Å²) in [6.07, 6.45) is 0.986. The van der Waals surface area contributed by atoms with E-state index < -0.39 is 12.0 Å². The van der Waals surface area contributed by atoms with Crippen LogP contribution in [-0.4, -0.2) is 36.7 Å². The van der Waals surface area contributed by atoms with Gasteiger partial charge in [0.15, 0.2) is 0 Å². The highest BCUT2D eigenvalue weighted by molar-refractivity contribution is 5.88. The molecule has 0 saturated heterocycles. The molecule has 3 aromatic carbocycles. The van der Waals surface area contributed by atoms with Gasteiger partial charge in [-0.15, -0.1) is 0 Å². The molecule has 0 radical (unpaired) electrons. The molecule has 1 aliphatic rings. The molecule has 3 aromatic rings. The van der Waals surface area contributed by atoms with Crippen LogP contribution in [0.4, 0.5) is 4.39 Å². The van der Waals surface area contributed by atoms with E-state index in [1.54, 1.807) is 24.3 Å². The lowest BCUT2D eigenvalue weighted by molar-refractivity contribution is -0.136. The van der Waals surface area contributed by atoms with Crippen molar-refractivity contribution >= 4 is 11.9 Å². The SMILES string of the molecule is CCOc1ccc(CC(=O)O)cc1-c1ccc(F)c2c1C(C(=O)NCCc1ccccc1)NCC2. The van der Waals surface area contributed by atoms with Crippen LogP contribution in [0.1, 0.15) is 35.2 Å². The van der Waals surface area contributed by atoms with Gasteiger partial charge in [0.1, 0.15) is 17.6 Å². The number of hydrogen-bond donors (Lipinski definition) is 3. The number of benzene rings is 3. The van der Waals surface area contributed by atoms with E-state index in [1.807, 2.05) is 37.3 Å². The van der Waals surface area contributed by atoms with E-state index in [-0.39, 0.29) is 18.1 Å². The Bertz CT molecular complexity index is 1210. The molecule has 0 aromatic heterocycles. The fourth-order valence-corrected chi connectivity index (χ4v) is 4.55. The molecule has 6 nitrogen and oxygen atoms in total. The van der Waals surface area contributed by atoms with Crippen molar-refractivity contribution in [2.24, 2.45) is 0 Å². The highest BCUT2D eigenvalue weighted by atomic mass is 19.1. The quantitative estimate of drug-likeness (QED) is 0.434. The largest absolute Gasteiger partial charge is 0.493 e. The average molecular weight is 477 g/mol. The summed E-state index contributed by atoms with van der Waals surface area (Å²) in [7, 11) is 0. The molecule has 0 bridgehead atoms. The van der Waals surface area contributed by atoms with Crippen LogP contribution in [0.15, 0.2) is 60.7 Å². The van der Waals surface area contributed by atoms with Crippen molar-refractivity contribution in [1.29, 1.82) is 0 Å². The van der Waals surface area contributed by atoms with Crippen LogP contribution in [0.5, 0.6) is 5.75 Å². The number of ether oxygens (including phenoxy) is 1. The van der Waals surface area contributed by atoms with Crippen molar-refractivity contribution in [3.05, 3.63) is 88.7 Å². The minimum absolute atomic E-state index is 0.148. The van der Waals surface area contributed by atoms with E-state index in [9.17, 15) is 19.1 Å². The molecule has 0 spiro atoms. The zero-order valence-corrected chi connectivity index (χ0v) is 19.6. The van der Waals surface area contributed by atoms with Crippen molar-refractivity contribution in [1.82, 2.24) is 10.6 Å². The first kappa shape index (κ1) is 24.4. The number of halogens is 1. The third-order valence-corrected chi connectivity index (χ3v) is 6.12. The topological polar surface area (TPSA) is 87.7 Å². The van der Waals surface area contributed by atoms with Gasteiger partial charge in [-0.2, -0.15) is 0 Å². The summed E-state index contributed by atoms with van der Waals surface area (Å²) < 4.78 is 20.7. The Morgan fingerprint density at radius 3 is 2.63 bits per heavy atom. The molecule has 4 rings (SSSR count). The van der Waals surface area contributed by atoms with E-state index in [2.05, 4.69) is 10.6 Å². The van der Waals surface area contributed by atoms with Crippen molar-refractivity contribution in [2.45, 2.75) is 32.2 Å². The monoisotopic (exact) mass is 476 g/mol. The molecule has 1 atom stereocenters. The number of amides is 1. The minimum Gasteiger partial charge on any atom is -0.493 e. The average Bonchev–Trinajstić information content (AvgIpc) is 2.85. The van der Waals surface area contributed by atoms with Crippen molar-refractivity contribution in [3.8, 4) is 16.9 Å². The Balaban J connectivity index is 1.69. The number of fused-ring (bicyclic) bond motifs is 1. The molecule has 3 N–H and O–H groups in total. The highest BCUT2D eigenvalue weighted by Gasteiger charge is 2.31. The number of aliphatic carboxylic acids is 1. The molecule has 182 valence electrons. The summed E-state index contributed by atoms with van der Waals surface area (Å²) in [6, 6.07) is 17.4. The number of nitrogens with one attached hydrogen (secondary N) is 2. The third-order valence-electron chi connectivity index (χ3n) is 6.12. The first-order valence-electron chi connectivity index (χ1n) is 11.8. The van der Waals surface area contributed by atoms with Gasteiger partial charge >= 0.3 is 5.97 Å². The lowest BCUT2D eigenvalue weighted by atomic mass is 9.85. The number of carboxylic acids is 1. The Labute approximate surface area is 204 Å². The molecule has 0 fully saturated rings. The maximum atomic E-state index is 14.9. The third kappa shape index (κ3) is 5.69. The number of carbonyl (C=O) groups excluding carboxylic acids is 1. The zero-order chi connectivity index (χ0) is 24.8. The van der Waals surface area contributed by atoms with Gasteiger partial charge in [-0.05, 0) is 65.8 Å². The van der Waals surface area contributed by atoms with Gasteiger partial charge < -0.3 is 20.5 Å². The second-order valence-electron chi connectivity index (χ2n) is 8.48. The van der Waals surface area contributed by atoms with E-state index in [4.69, 9.17) is 4.74 Å². The van der Waals surface area contributed by atoms with Gasteiger partial charge in [-0.25, -0.2) is 4.39 Å². The summed E-state index contributed by atoms with van der Waals surface area (Å²) in [4.78, 5) is 24.6. The van der Waals surface area contributed by atoms with E-state index in [0.717, 1.165) is 5.56 Å². The predicted molar refractivity (Wildman–Crippen MR) is 132 cm³/mol. The first-order valence-corrected chi connectivity index (χ1v) is 11.8. The maximum Gasteiger partial charge on any atom is 0.307 e. The van der Waals surface area contributed by atoms with Crippen LogP contribution in [-0.2, 0) is 28.9 Å². The zero-order valence-electron chi connectivity index (χ0n) is 19.6. The van der Waals surface area contributed by atoms with Gasteiger partial charge in [-0.3, -0.25) is 9.59 Å². The van der Waals surface area contributed by atoms with Crippen LogP contribution < -0.4 is 15.4 Å². The van der Waals surface area contributed by atoms with Crippen LogP contribution in [0.3, 0.4) is 0 Å². The lowest BCUT2D eigenvalue weighted by Crippen LogP contribution is -2.42. The summed E-state index contributed by atoms with van der Waals surface area (Å²) in [5, 5.41) is 15.5. The van der Waals surface area contributed by atoms with Crippen molar-refractivity contribution < 1.29 is 23.8 Å². The van der Waals surface area contributed by atoms with Crippen LogP contribution in [0, 0.1) is 5.82 Å². The number of carboxylic acid groups (broad SMARTS) is 1. The molecule has 1 unspecified atom stereocenters. The van der Waals surface area contributed by atoms with Crippen molar-refractivity contribution in [2.75, 3.05) is 19.7 Å². The highest BCUT2D eigenvalue weighted by Crippen LogP contribution is 2.40. The standard InChI is InChI=1S/C28H29FN2O4/c1-2-35-24-11-8-19(17-25(32)33)16-22(24)20-9-10-23(29)21-13-15-30-27(26(20)21)28(34)31-14-12-18-6-4-3-5-7-18/h3-11,16,27,30H,2,12-15,17H2,1H3,(H,31,34)(H,32,33). The second kappa shape index (κ2) is 11.1. The predicted octanol–water partition coefficient (Wildman–Crippen LogP) is 4.06. The molecule has 0 aliphatic carbocycles. The maximum absolute atomic E-state index is 14.9. The molecular weight excluding hydrogens is 447 g/mol. The normalized spacial score (nSPS) is 14.7. The van der Waals surface area contributed by atoms with Gasteiger partial charge in [0.25, 0.3) is 0 Å². The second-order valence-corrected chi connectivity index (χ2v) is 8.48. The summed E-state index contributed by atoms with van der Waals surface area (Å²) in [5.74, 6) is -0.969. The molecule has 35 heavy (non-hydrogen) atoms. The fraction of sp³-hybridized carbons (Fsp3) is 0.286. The fourth-order valence-electron chi connectivity index (χ4n) is 4.55. The van der Waals surface area contributed by atoms with Gasteiger partial charge in [-0.1, -0.05) is 42.5 Å². The van der Waals surface area contributed by atoms with E-state index >= 15 is 0 Å². The van der Waals surface area contributed by atoms with E-state index in [0.29, 0.717) is 66.1 Å². The lowest BCUT2D eigenvalue weighted by Gasteiger charge is -2.29. The molecule has 1 amide bonds. The smallest absolute Gasteiger partial charge is 0.307 e. The van der Waals surface area contributed by atoms with Crippen LogP contribution >= 0.6 is 0 Å². The molecule has 7 heteroatoms. The molecule has 1 aliphatic heterocycles. The Kier molecular flexibility index (Phi) is 7.77. The first-order chi connectivity index (χ1) is 17.0. The van der Waals surface area contributed by atoms with Crippen molar-refractivity contribution in [3.63, 3.8) is 0 Å². The minimum atomic E-state index is -0.946. The van der Waals surface area contributed by atoms with Gasteiger partial charge in [0.2, 0.25) is 5.91 Å². The Hall–Kier alpha value is -3.71. The molecule has 1 heterocycles. The Morgan fingerprint density at radius 2 is 1.89 bits per heavy atom. The summed E-state index contributed by atoms with van der Waals surface area (Å²) in [5.41, 5.74) is 4.09. The molecule has 0 saturated carbocycles.